The van der Waals surface area contributed by atoms with Crippen LogP contribution in [0.2, 0.25) is 0 Å². The Morgan fingerprint density at radius 2 is 2.17 bits per heavy atom. The normalized spacial score (nSPS) is 23.9. The van der Waals surface area contributed by atoms with E-state index >= 15 is 0 Å². The lowest BCUT2D eigenvalue weighted by Gasteiger charge is -2.29. The summed E-state index contributed by atoms with van der Waals surface area (Å²) in [6.07, 6.45) is 4.45. The number of rotatable bonds is 4. The van der Waals surface area contributed by atoms with E-state index < -0.39 is 0 Å². The number of carbonyl (C=O) groups excluding carboxylic acids is 1. The third kappa shape index (κ3) is 3.12. The summed E-state index contributed by atoms with van der Waals surface area (Å²) < 4.78 is 1.59. The van der Waals surface area contributed by atoms with E-state index in [1.807, 2.05) is 38.1 Å². The van der Waals surface area contributed by atoms with E-state index in [1.54, 1.807) is 10.9 Å². The second-order valence-corrected chi connectivity index (χ2v) is 6.61. The van der Waals surface area contributed by atoms with Gasteiger partial charge >= 0.3 is 0 Å². The maximum atomic E-state index is 12.4. The van der Waals surface area contributed by atoms with E-state index in [-0.39, 0.29) is 29.7 Å². The highest BCUT2D eigenvalue weighted by Gasteiger charge is 2.39. The molecule has 0 aliphatic heterocycles. The minimum Gasteiger partial charge on any atom is -0.396 e. The molecule has 2 unspecified atom stereocenters. The standard InChI is InChI=1S/C17H22N4O2/c1-12-5-7-13(8-6-12)21-10-14(19-20-21)16(23)18-15-4-3-9-17(15,2)11-22/h5-8,10,15,22H,3-4,9,11H2,1-2H3,(H,18,23). The fraction of sp³-hybridized carbons (Fsp3) is 0.471. The van der Waals surface area contributed by atoms with Gasteiger partial charge < -0.3 is 10.4 Å². The SMILES string of the molecule is Cc1ccc(-n2cc(C(=O)NC3CCCC3(C)CO)nn2)cc1. The van der Waals surface area contributed by atoms with Gasteiger partial charge in [-0.05, 0) is 31.9 Å². The van der Waals surface area contributed by atoms with Gasteiger partial charge in [0.1, 0.15) is 0 Å². The van der Waals surface area contributed by atoms with Gasteiger partial charge in [0.25, 0.3) is 5.91 Å². The van der Waals surface area contributed by atoms with Crippen molar-refractivity contribution in [1.29, 1.82) is 0 Å². The molecule has 1 saturated carbocycles. The molecule has 2 atom stereocenters. The molecule has 2 aromatic rings. The van der Waals surface area contributed by atoms with E-state index in [0.29, 0.717) is 0 Å². The van der Waals surface area contributed by atoms with E-state index in [0.717, 1.165) is 30.5 Å². The molecule has 1 aliphatic rings. The highest BCUT2D eigenvalue weighted by molar-refractivity contribution is 5.92. The van der Waals surface area contributed by atoms with Gasteiger partial charge in [-0.3, -0.25) is 4.79 Å². The number of amides is 1. The molecule has 1 aromatic carbocycles. The van der Waals surface area contributed by atoms with Crippen molar-refractivity contribution in [3.05, 3.63) is 41.7 Å². The van der Waals surface area contributed by atoms with Crippen molar-refractivity contribution in [2.45, 2.75) is 39.2 Å². The number of carbonyl (C=O) groups is 1. The molecule has 1 heterocycles. The molecule has 0 radical (unpaired) electrons. The summed E-state index contributed by atoms with van der Waals surface area (Å²) in [5.41, 5.74) is 2.07. The van der Waals surface area contributed by atoms with Crippen LogP contribution in [0.1, 0.15) is 42.2 Å². The monoisotopic (exact) mass is 314 g/mol. The molecule has 2 N–H and O–H groups in total. The number of nitrogens with one attached hydrogen (secondary N) is 1. The smallest absolute Gasteiger partial charge is 0.273 e. The van der Waals surface area contributed by atoms with Crippen LogP contribution in [-0.2, 0) is 0 Å². The maximum absolute atomic E-state index is 12.4. The first kappa shape index (κ1) is 15.7. The summed E-state index contributed by atoms with van der Waals surface area (Å²) in [6, 6.07) is 7.82. The molecule has 1 aliphatic carbocycles. The third-order valence-corrected chi connectivity index (χ3v) is 4.77. The summed E-state index contributed by atoms with van der Waals surface area (Å²) in [5.74, 6) is -0.241. The minimum absolute atomic E-state index is 0.0236. The third-order valence-electron chi connectivity index (χ3n) is 4.77. The first-order valence-electron chi connectivity index (χ1n) is 7.93. The number of aliphatic hydroxyl groups excluding tert-OH is 1. The summed E-state index contributed by atoms with van der Waals surface area (Å²) in [7, 11) is 0. The Labute approximate surface area is 135 Å². The number of hydrogen-bond donors (Lipinski definition) is 2. The molecular weight excluding hydrogens is 292 g/mol. The second-order valence-electron chi connectivity index (χ2n) is 6.61. The Bertz CT molecular complexity index is 695. The lowest BCUT2D eigenvalue weighted by molar-refractivity contribution is 0.0826. The van der Waals surface area contributed by atoms with Crippen molar-refractivity contribution in [2.75, 3.05) is 6.61 Å². The number of aromatic nitrogens is 3. The van der Waals surface area contributed by atoms with Crippen LogP contribution in [0.25, 0.3) is 5.69 Å². The number of aryl methyl sites for hydroxylation is 1. The summed E-state index contributed by atoms with van der Waals surface area (Å²) in [6.45, 7) is 4.10. The highest BCUT2D eigenvalue weighted by Crippen LogP contribution is 2.37. The van der Waals surface area contributed by atoms with Crippen LogP contribution >= 0.6 is 0 Å². The lowest BCUT2D eigenvalue weighted by atomic mass is 9.86. The predicted molar refractivity (Wildman–Crippen MR) is 86.4 cm³/mol. The lowest BCUT2D eigenvalue weighted by Crippen LogP contribution is -2.44. The zero-order valence-corrected chi connectivity index (χ0v) is 13.5. The fourth-order valence-electron chi connectivity index (χ4n) is 3.09. The molecule has 122 valence electrons. The number of benzene rings is 1. The zero-order valence-electron chi connectivity index (χ0n) is 13.5. The van der Waals surface area contributed by atoms with Crippen LogP contribution in [0.5, 0.6) is 0 Å². The number of nitrogens with zero attached hydrogens (tertiary/aromatic N) is 3. The van der Waals surface area contributed by atoms with Gasteiger partial charge in [0.05, 0.1) is 18.5 Å². The van der Waals surface area contributed by atoms with Crippen molar-refractivity contribution in [2.24, 2.45) is 5.41 Å². The quantitative estimate of drug-likeness (QED) is 0.902. The summed E-state index contributed by atoms with van der Waals surface area (Å²) in [4.78, 5) is 12.4. The predicted octanol–water partition coefficient (Wildman–Crippen LogP) is 1.86. The molecule has 0 spiro atoms. The van der Waals surface area contributed by atoms with Crippen LogP contribution in [0.15, 0.2) is 30.5 Å². The summed E-state index contributed by atoms with van der Waals surface area (Å²) >= 11 is 0. The van der Waals surface area contributed by atoms with Crippen LogP contribution in [0.3, 0.4) is 0 Å². The van der Waals surface area contributed by atoms with E-state index in [1.165, 1.54) is 0 Å². The van der Waals surface area contributed by atoms with Crippen LogP contribution < -0.4 is 5.32 Å². The van der Waals surface area contributed by atoms with Crippen LogP contribution in [0.4, 0.5) is 0 Å². The Morgan fingerprint density at radius 3 is 2.87 bits per heavy atom. The van der Waals surface area contributed by atoms with Gasteiger partial charge in [-0.15, -0.1) is 5.10 Å². The first-order chi connectivity index (χ1) is 11.0. The van der Waals surface area contributed by atoms with Crippen molar-refractivity contribution >= 4 is 5.91 Å². The van der Waals surface area contributed by atoms with E-state index in [4.69, 9.17) is 0 Å². The van der Waals surface area contributed by atoms with Crippen molar-refractivity contribution in [1.82, 2.24) is 20.3 Å². The fourth-order valence-corrected chi connectivity index (χ4v) is 3.09. The van der Waals surface area contributed by atoms with Gasteiger partial charge in [0, 0.05) is 11.5 Å². The summed E-state index contributed by atoms with van der Waals surface area (Å²) in [5, 5.41) is 20.6. The van der Waals surface area contributed by atoms with Crippen molar-refractivity contribution in [3.8, 4) is 5.69 Å². The molecular formula is C17H22N4O2. The maximum Gasteiger partial charge on any atom is 0.273 e. The molecule has 23 heavy (non-hydrogen) atoms. The average Bonchev–Trinajstić information content (AvgIpc) is 3.16. The van der Waals surface area contributed by atoms with Crippen molar-refractivity contribution < 1.29 is 9.90 Å². The van der Waals surface area contributed by atoms with Crippen LogP contribution in [0, 0.1) is 12.3 Å². The molecule has 1 aromatic heterocycles. The van der Waals surface area contributed by atoms with Gasteiger partial charge in [-0.25, -0.2) is 4.68 Å². The molecule has 6 heteroatoms. The Balaban J connectivity index is 1.73. The Morgan fingerprint density at radius 1 is 1.43 bits per heavy atom. The number of aliphatic hydroxyl groups is 1. The minimum atomic E-state index is -0.247. The average molecular weight is 314 g/mol. The van der Waals surface area contributed by atoms with E-state index in [9.17, 15) is 9.90 Å². The van der Waals surface area contributed by atoms with E-state index in [2.05, 4.69) is 15.6 Å². The van der Waals surface area contributed by atoms with Gasteiger partial charge in [-0.1, -0.05) is 36.3 Å². The molecule has 1 amide bonds. The highest BCUT2D eigenvalue weighted by atomic mass is 16.3. The zero-order chi connectivity index (χ0) is 16.4. The molecule has 6 nitrogen and oxygen atoms in total. The molecule has 0 bridgehead atoms. The molecule has 3 rings (SSSR count). The van der Waals surface area contributed by atoms with Gasteiger partial charge in [-0.2, -0.15) is 0 Å². The Hall–Kier alpha value is -2.21. The Kier molecular flexibility index (Phi) is 4.17. The van der Waals surface area contributed by atoms with Gasteiger partial charge in [0.2, 0.25) is 0 Å². The molecule has 0 saturated heterocycles. The number of hydrogen-bond acceptors (Lipinski definition) is 4. The van der Waals surface area contributed by atoms with Gasteiger partial charge in [0.15, 0.2) is 5.69 Å². The first-order valence-corrected chi connectivity index (χ1v) is 7.93. The largest absolute Gasteiger partial charge is 0.396 e. The van der Waals surface area contributed by atoms with Crippen LogP contribution in [-0.4, -0.2) is 38.7 Å². The second kappa shape index (κ2) is 6.12. The van der Waals surface area contributed by atoms with Crippen molar-refractivity contribution in [3.63, 3.8) is 0 Å². The topological polar surface area (TPSA) is 80.0 Å². The molecule has 1 fully saturated rings.